The number of benzene rings is 1. The number of anilines is 2. The number of nitrogens with one attached hydrogen (secondary N) is 2. The zero-order chi connectivity index (χ0) is 27.5. The lowest BCUT2D eigenvalue weighted by Gasteiger charge is -2.25. The molecule has 40 heavy (non-hydrogen) atoms. The molecule has 6 rings (SSSR count). The van der Waals surface area contributed by atoms with Crippen LogP contribution in [-0.4, -0.2) is 52.4 Å². The number of halogens is 1. The predicted octanol–water partition coefficient (Wildman–Crippen LogP) is 4.54. The number of amides is 1. The van der Waals surface area contributed by atoms with Crippen LogP contribution in [0.5, 0.6) is 0 Å². The van der Waals surface area contributed by atoms with E-state index >= 15 is 0 Å². The number of carbonyl (C=O) groups is 1. The van der Waals surface area contributed by atoms with Gasteiger partial charge in [-0.15, -0.1) is 0 Å². The molecule has 1 amide bonds. The minimum absolute atomic E-state index is 0.0659. The molecule has 0 bridgehead atoms. The second kappa shape index (κ2) is 11.5. The Morgan fingerprint density at radius 2 is 1.93 bits per heavy atom. The van der Waals surface area contributed by atoms with E-state index in [0.29, 0.717) is 18.0 Å². The average Bonchev–Trinajstić information content (AvgIpc) is 3.69. The molecule has 0 aliphatic carbocycles. The molecule has 1 fully saturated rings. The van der Waals surface area contributed by atoms with Crippen molar-refractivity contribution in [2.45, 2.75) is 45.8 Å². The van der Waals surface area contributed by atoms with Crippen LogP contribution >= 0.6 is 11.5 Å². The van der Waals surface area contributed by atoms with E-state index in [1.165, 1.54) is 42.9 Å². The molecule has 0 saturated carbocycles. The van der Waals surface area contributed by atoms with E-state index in [9.17, 15) is 9.18 Å². The molecule has 0 radical (unpaired) electrons. The number of aryl methyl sites for hydroxylation is 1. The predicted molar refractivity (Wildman–Crippen MR) is 152 cm³/mol. The number of carbonyl (C=O) groups excluding carboxylic acids is 1. The van der Waals surface area contributed by atoms with Crippen molar-refractivity contribution in [2.24, 2.45) is 0 Å². The Bertz CT molecular complexity index is 1620. The first-order valence-corrected chi connectivity index (χ1v) is 14.1. The molecular weight excluding hydrogens is 529 g/mol. The molecule has 2 N–H and O–H groups in total. The Kier molecular flexibility index (Phi) is 7.51. The van der Waals surface area contributed by atoms with Crippen LogP contribution in [0.1, 0.15) is 36.2 Å². The van der Waals surface area contributed by atoms with Crippen molar-refractivity contribution in [1.82, 2.24) is 38.7 Å². The SMILES string of the molecule is Cc1cn2c(-c3cnn(CC(=O)NCc4ccc(F)cc4)c3)cnc2c(Nc2cc(CN3CCCCC3)ns2)n1. The maximum Gasteiger partial charge on any atom is 0.241 e. The van der Waals surface area contributed by atoms with Crippen LogP contribution in [0.15, 0.2) is 55.1 Å². The summed E-state index contributed by atoms with van der Waals surface area (Å²) >= 11 is 1.43. The number of nitrogens with zero attached hydrogens (tertiary/aromatic N) is 7. The molecule has 5 heterocycles. The molecule has 5 aromatic rings. The van der Waals surface area contributed by atoms with Crippen LogP contribution in [0.25, 0.3) is 16.9 Å². The fraction of sp³-hybridized carbons (Fsp3) is 0.321. The number of rotatable bonds is 9. The monoisotopic (exact) mass is 559 g/mol. The molecule has 0 atom stereocenters. The van der Waals surface area contributed by atoms with E-state index in [2.05, 4.69) is 36.1 Å². The largest absolute Gasteiger partial charge is 0.350 e. The minimum Gasteiger partial charge on any atom is -0.350 e. The van der Waals surface area contributed by atoms with Crippen LogP contribution in [0.3, 0.4) is 0 Å². The molecule has 1 aliphatic heterocycles. The first-order chi connectivity index (χ1) is 19.5. The lowest BCUT2D eigenvalue weighted by atomic mass is 10.1. The third kappa shape index (κ3) is 6.02. The Morgan fingerprint density at radius 1 is 1.10 bits per heavy atom. The third-order valence-corrected chi connectivity index (χ3v) is 7.63. The summed E-state index contributed by atoms with van der Waals surface area (Å²) in [5.41, 5.74) is 5.09. The second-order valence-electron chi connectivity index (χ2n) is 10.0. The van der Waals surface area contributed by atoms with Crippen molar-refractivity contribution >= 4 is 33.9 Å². The molecule has 0 spiro atoms. The van der Waals surface area contributed by atoms with E-state index in [1.54, 1.807) is 29.2 Å². The minimum atomic E-state index is -0.304. The molecule has 206 valence electrons. The Hall–Kier alpha value is -4.16. The van der Waals surface area contributed by atoms with Gasteiger partial charge in [0, 0.05) is 31.0 Å². The first-order valence-electron chi connectivity index (χ1n) is 13.3. The Morgan fingerprint density at radius 3 is 2.75 bits per heavy atom. The van der Waals surface area contributed by atoms with Gasteiger partial charge in [0.25, 0.3) is 0 Å². The van der Waals surface area contributed by atoms with Gasteiger partial charge in [0.1, 0.15) is 17.4 Å². The molecule has 1 saturated heterocycles. The fourth-order valence-electron chi connectivity index (χ4n) is 4.90. The van der Waals surface area contributed by atoms with Crippen molar-refractivity contribution in [1.29, 1.82) is 0 Å². The number of likely N-dealkylation sites (tertiary alicyclic amines) is 1. The van der Waals surface area contributed by atoms with Crippen molar-refractivity contribution in [3.63, 3.8) is 0 Å². The highest BCUT2D eigenvalue weighted by Crippen LogP contribution is 2.28. The average molecular weight is 560 g/mol. The lowest BCUT2D eigenvalue weighted by molar-refractivity contribution is -0.122. The van der Waals surface area contributed by atoms with Crippen LogP contribution in [-0.2, 0) is 24.4 Å². The molecule has 1 aromatic carbocycles. The third-order valence-electron chi connectivity index (χ3n) is 6.89. The summed E-state index contributed by atoms with van der Waals surface area (Å²) in [5.74, 6) is 0.168. The number of piperidine rings is 1. The number of hydrogen-bond donors (Lipinski definition) is 2. The van der Waals surface area contributed by atoms with E-state index in [4.69, 9.17) is 4.98 Å². The van der Waals surface area contributed by atoms with Crippen molar-refractivity contribution in [2.75, 3.05) is 18.4 Å². The number of imidazole rings is 1. The van der Waals surface area contributed by atoms with Crippen LogP contribution in [0.4, 0.5) is 15.2 Å². The lowest BCUT2D eigenvalue weighted by Crippen LogP contribution is -2.29. The zero-order valence-corrected chi connectivity index (χ0v) is 23.0. The van der Waals surface area contributed by atoms with Gasteiger partial charge in [0.15, 0.2) is 11.5 Å². The first kappa shape index (κ1) is 26.1. The highest BCUT2D eigenvalue weighted by atomic mass is 32.1. The van der Waals surface area contributed by atoms with Crippen molar-refractivity contribution < 1.29 is 9.18 Å². The van der Waals surface area contributed by atoms with E-state index < -0.39 is 0 Å². The van der Waals surface area contributed by atoms with Gasteiger partial charge in [-0.2, -0.15) is 9.47 Å². The molecule has 10 nitrogen and oxygen atoms in total. The summed E-state index contributed by atoms with van der Waals surface area (Å²) in [6, 6.07) is 8.14. The standard InChI is InChI=1S/C28H30FN9OS/c1-19-15-38-24(21-13-32-37(16-21)18-25(39)30-12-20-5-7-22(29)8-6-20)14-31-28(38)27(33-19)34-26-11-23(35-40-26)17-36-9-3-2-4-10-36/h5-8,11,13-16H,2-4,9-10,12,17-18H2,1H3,(H,30,39)(H,33,34). The molecule has 0 unspecified atom stereocenters. The van der Waals surface area contributed by atoms with Crippen molar-refractivity contribution in [3.05, 3.63) is 77.9 Å². The van der Waals surface area contributed by atoms with Crippen LogP contribution < -0.4 is 10.6 Å². The number of fused-ring (bicyclic) bond motifs is 1. The second-order valence-corrected chi connectivity index (χ2v) is 10.8. The molecule has 12 heteroatoms. The summed E-state index contributed by atoms with van der Waals surface area (Å²) in [4.78, 5) is 24.3. The van der Waals surface area contributed by atoms with Gasteiger partial charge < -0.3 is 10.6 Å². The van der Waals surface area contributed by atoms with Crippen LogP contribution in [0.2, 0.25) is 0 Å². The van der Waals surface area contributed by atoms with Crippen LogP contribution in [0, 0.1) is 12.7 Å². The van der Waals surface area contributed by atoms with Gasteiger partial charge >= 0.3 is 0 Å². The number of aromatic nitrogens is 6. The van der Waals surface area contributed by atoms with E-state index in [1.807, 2.05) is 23.7 Å². The Balaban J connectivity index is 1.14. The summed E-state index contributed by atoms with van der Waals surface area (Å²) in [7, 11) is 0. The Labute approximate surface area is 235 Å². The fourth-order valence-corrected chi connectivity index (χ4v) is 5.56. The summed E-state index contributed by atoms with van der Waals surface area (Å²) in [6.45, 7) is 5.47. The van der Waals surface area contributed by atoms with Gasteiger partial charge in [0.05, 0.1) is 29.5 Å². The van der Waals surface area contributed by atoms with E-state index in [0.717, 1.165) is 52.8 Å². The molecular formula is C28H30FN9OS. The van der Waals surface area contributed by atoms with Gasteiger partial charge in [0.2, 0.25) is 5.91 Å². The van der Waals surface area contributed by atoms with Gasteiger partial charge in [-0.05, 0) is 68.1 Å². The normalized spacial score (nSPS) is 14.1. The van der Waals surface area contributed by atoms with Gasteiger partial charge in [-0.25, -0.2) is 14.4 Å². The summed E-state index contributed by atoms with van der Waals surface area (Å²) in [6.07, 6.45) is 11.1. The van der Waals surface area contributed by atoms with Gasteiger partial charge in [-0.1, -0.05) is 18.6 Å². The molecule has 4 aromatic heterocycles. The highest BCUT2D eigenvalue weighted by Gasteiger charge is 2.16. The summed E-state index contributed by atoms with van der Waals surface area (Å²) in [5, 5.41) is 11.6. The summed E-state index contributed by atoms with van der Waals surface area (Å²) < 4.78 is 21.3. The number of hydrogen-bond acceptors (Lipinski definition) is 8. The van der Waals surface area contributed by atoms with Gasteiger partial charge in [-0.3, -0.25) is 18.8 Å². The smallest absolute Gasteiger partial charge is 0.241 e. The quantitative estimate of drug-likeness (QED) is 0.273. The van der Waals surface area contributed by atoms with E-state index in [-0.39, 0.29) is 18.3 Å². The highest BCUT2D eigenvalue weighted by molar-refractivity contribution is 7.10. The molecule has 1 aliphatic rings. The maximum atomic E-state index is 13.1. The maximum absolute atomic E-state index is 13.1. The van der Waals surface area contributed by atoms with Crippen molar-refractivity contribution in [3.8, 4) is 11.3 Å². The topological polar surface area (TPSA) is 105 Å². The zero-order valence-electron chi connectivity index (χ0n) is 22.2.